The van der Waals surface area contributed by atoms with E-state index < -0.39 is 0 Å². The largest absolute Gasteiger partial charge is 0.380 e. The molecule has 0 radical (unpaired) electrons. The van der Waals surface area contributed by atoms with Gasteiger partial charge in [-0.3, -0.25) is 0 Å². The average Bonchev–Trinajstić information content (AvgIpc) is 2.31. The Kier molecular flexibility index (Phi) is 4.79. The van der Waals surface area contributed by atoms with Crippen LogP contribution in [0.5, 0.6) is 0 Å². The predicted molar refractivity (Wildman–Crippen MR) is 66.5 cm³/mol. The Bertz CT molecular complexity index is 182. The van der Waals surface area contributed by atoms with E-state index in [1.165, 1.54) is 38.5 Å². The number of thioether (sulfide) groups is 1. The summed E-state index contributed by atoms with van der Waals surface area (Å²) in [6.07, 6.45) is 10.3. The molecule has 0 aromatic heterocycles. The molecule has 3 unspecified atom stereocenters. The van der Waals surface area contributed by atoms with E-state index in [0.717, 1.165) is 24.5 Å². The van der Waals surface area contributed by atoms with E-state index in [4.69, 9.17) is 4.74 Å². The lowest BCUT2D eigenvalue weighted by Crippen LogP contribution is -2.45. The highest BCUT2D eigenvalue weighted by molar-refractivity contribution is 7.99. The second-order valence-electron chi connectivity index (χ2n) is 4.80. The molecule has 3 heteroatoms. The van der Waals surface area contributed by atoms with Crippen molar-refractivity contribution in [1.29, 1.82) is 0 Å². The van der Waals surface area contributed by atoms with Gasteiger partial charge in [-0.15, -0.1) is 0 Å². The lowest BCUT2D eigenvalue weighted by molar-refractivity contribution is 0.0644. The fourth-order valence-electron chi connectivity index (χ4n) is 2.72. The Morgan fingerprint density at radius 1 is 1.13 bits per heavy atom. The summed E-state index contributed by atoms with van der Waals surface area (Å²) in [6, 6.07) is 1.38. The Hall–Kier alpha value is 0.270. The molecule has 0 bridgehead atoms. The standard InChI is InChI=1S/C12H23NOS/c1-15-12-6-2-4-10(8-12)13-11-5-3-7-14-9-11/h10-13H,2-9H2,1H3. The van der Waals surface area contributed by atoms with E-state index in [2.05, 4.69) is 11.6 Å². The molecule has 88 valence electrons. The van der Waals surface area contributed by atoms with E-state index in [-0.39, 0.29) is 0 Å². The SMILES string of the molecule is CSC1CCCC(NC2CCCOC2)C1. The van der Waals surface area contributed by atoms with Gasteiger partial charge in [0.15, 0.2) is 0 Å². The summed E-state index contributed by atoms with van der Waals surface area (Å²) in [4.78, 5) is 0. The van der Waals surface area contributed by atoms with Gasteiger partial charge >= 0.3 is 0 Å². The molecule has 2 aliphatic rings. The van der Waals surface area contributed by atoms with Gasteiger partial charge in [-0.05, 0) is 38.4 Å². The smallest absolute Gasteiger partial charge is 0.0619 e. The quantitative estimate of drug-likeness (QED) is 0.803. The normalized spacial score (nSPS) is 37.8. The second-order valence-corrected chi connectivity index (χ2v) is 5.94. The predicted octanol–water partition coefficient (Wildman–Crippen LogP) is 2.43. The minimum Gasteiger partial charge on any atom is -0.380 e. The molecule has 0 aromatic rings. The van der Waals surface area contributed by atoms with Gasteiger partial charge < -0.3 is 10.1 Å². The van der Waals surface area contributed by atoms with Crippen molar-refractivity contribution in [3.05, 3.63) is 0 Å². The van der Waals surface area contributed by atoms with Gasteiger partial charge in [-0.2, -0.15) is 11.8 Å². The number of ether oxygens (including phenoxy) is 1. The minimum absolute atomic E-state index is 0.629. The van der Waals surface area contributed by atoms with E-state index in [1.54, 1.807) is 0 Å². The van der Waals surface area contributed by atoms with Crippen LogP contribution in [0.4, 0.5) is 0 Å². The van der Waals surface area contributed by atoms with Gasteiger partial charge in [0.25, 0.3) is 0 Å². The highest BCUT2D eigenvalue weighted by atomic mass is 32.2. The van der Waals surface area contributed by atoms with Crippen molar-refractivity contribution in [3.63, 3.8) is 0 Å². The van der Waals surface area contributed by atoms with Crippen LogP contribution in [0.15, 0.2) is 0 Å². The van der Waals surface area contributed by atoms with Crippen LogP contribution in [0.3, 0.4) is 0 Å². The van der Waals surface area contributed by atoms with E-state index >= 15 is 0 Å². The summed E-state index contributed by atoms with van der Waals surface area (Å²) in [6.45, 7) is 1.90. The van der Waals surface area contributed by atoms with Crippen molar-refractivity contribution in [3.8, 4) is 0 Å². The van der Waals surface area contributed by atoms with Gasteiger partial charge in [-0.1, -0.05) is 6.42 Å². The third-order valence-electron chi connectivity index (χ3n) is 3.59. The molecule has 0 aromatic carbocycles. The van der Waals surface area contributed by atoms with Crippen molar-refractivity contribution in [1.82, 2.24) is 5.32 Å². The zero-order chi connectivity index (χ0) is 10.5. The Morgan fingerprint density at radius 2 is 2.00 bits per heavy atom. The summed E-state index contributed by atoms with van der Waals surface area (Å²) >= 11 is 2.04. The summed E-state index contributed by atoms with van der Waals surface area (Å²) in [5.41, 5.74) is 0. The minimum atomic E-state index is 0.629. The maximum atomic E-state index is 5.51. The number of nitrogens with one attached hydrogen (secondary N) is 1. The first-order valence-corrected chi connectivity index (χ1v) is 7.54. The van der Waals surface area contributed by atoms with Crippen molar-refractivity contribution in [2.45, 2.75) is 55.9 Å². The first-order valence-electron chi connectivity index (χ1n) is 6.25. The maximum absolute atomic E-state index is 5.51. The molecule has 0 spiro atoms. The number of hydrogen-bond donors (Lipinski definition) is 1. The van der Waals surface area contributed by atoms with Crippen LogP contribution in [0.2, 0.25) is 0 Å². The first kappa shape index (κ1) is 11.7. The molecule has 1 heterocycles. The number of rotatable bonds is 3. The Labute approximate surface area is 97.5 Å². The Morgan fingerprint density at radius 3 is 2.73 bits per heavy atom. The Balaban J connectivity index is 1.72. The fourth-order valence-corrected chi connectivity index (χ4v) is 3.54. The zero-order valence-corrected chi connectivity index (χ0v) is 10.5. The molecule has 1 saturated carbocycles. The van der Waals surface area contributed by atoms with Crippen LogP contribution < -0.4 is 5.32 Å². The highest BCUT2D eigenvalue weighted by Gasteiger charge is 2.24. The summed E-state index contributed by atoms with van der Waals surface area (Å²) in [5, 5.41) is 4.67. The molecule has 1 aliphatic heterocycles. The third kappa shape index (κ3) is 3.65. The van der Waals surface area contributed by atoms with Gasteiger partial charge in [0.1, 0.15) is 0 Å². The monoisotopic (exact) mass is 229 g/mol. The molecule has 3 atom stereocenters. The van der Waals surface area contributed by atoms with Gasteiger partial charge in [0, 0.05) is 23.9 Å². The topological polar surface area (TPSA) is 21.3 Å². The molecule has 0 amide bonds. The van der Waals surface area contributed by atoms with Crippen molar-refractivity contribution in [2.75, 3.05) is 19.5 Å². The van der Waals surface area contributed by atoms with Crippen LogP contribution in [0, 0.1) is 0 Å². The highest BCUT2D eigenvalue weighted by Crippen LogP contribution is 2.27. The van der Waals surface area contributed by atoms with E-state index in [1.807, 2.05) is 11.8 Å². The van der Waals surface area contributed by atoms with E-state index in [9.17, 15) is 0 Å². The second kappa shape index (κ2) is 6.12. The zero-order valence-electron chi connectivity index (χ0n) is 9.71. The molecular formula is C12H23NOS. The van der Waals surface area contributed by atoms with Crippen LogP contribution in [0.1, 0.15) is 38.5 Å². The molecule has 1 aliphatic carbocycles. The summed E-state index contributed by atoms with van der Waals surface area (Å²) in [7, 11) is 0. The van der Waals surface area contributed by atoms with Crippen LogP contribution in [0.25, 0.3) is 0 Å². The van der Waals surface area contributed by atoms with Crippen LogP contribution in [-0.2, 0) is 4.74 Å². The van der Waals surface area contributed by atoms with Crippen LogP contribution >= 0.6 is 11.8 Å². The summed E-state index contributed by atoms with van der Waals surface area (Å²) in [5.74, 6) is 0. The number of hydrogen-bond acceptors (Lipinski definition) is 3. The van der Waals surface area contributed by atoms with Gasteiger partial charge in [-0.25, -0.2) is 0 Å². The maximum Gasteiger partial charge on any atom is 0.0619 e. The van der Waals surface area contributed by atoms with E-state index in [0.29, 0.717) is 6.04 Å². The van der Waals surface area contributed by atoms with Gasteiger partial charge in [0.2, 0.25) is 0 Å². The van der Waals surface area contributed by atoms with Crippen molar-refractivity contribution < 1.29 is 4.74 Å². The lowest BCUT2D eigenvalue weighted by Gasteiger charge is -2.33. The lowest BCUT2D eigenvalue weighted by atomic mass is 9.94. The average molecular weight is 229 g/mol. The molecule has 2 rings (SSSR count). The fraction of sp³-hybridized carbons (Fsp3) is 1.00. The first-order chi connectivity index (χ1) is 7.38. The molecule has 2 fully saturated rings. The molecule has 15 heavy (non-hydrogen) atoms. The summed E-state index contributed by atoms with van der Waals surface area (Å²) < 4.78 is 5.51. The van der Waals surface area contributed by atoms with Crippen molar-refractivity contribution >= 4 is 11.8 Å². The van der Waals surface area contributed by atoms with Crippen molar-refractivity contribution in [2.24, 2.45) is 0 Å². The molecule has 2 nitrogen and oxygen atoms in total. The van der Waals surface area contributed by atoms with Gasteiger partial charge in [0.05, 0.1) is 6.61 Å². The molecular weight excluding hydrogens is 206 g/mol. The van der Waals surface area contributed by atoms with Crippen LogP contribution in [-0.4, -0.2) is 36.8 Å². The molecule has 1 N–H and O–H groups in total. The third-order valence-corrected chi connectivity index (χ3v) is 4.69. The molecule has 1 saturated heterocycles.